The summed E-state index contributed by atoms with van der Waals surface area (Å²) in [7, 11) is 1.32. The molecule has 0 aliphatic heterocycles. The molecule has 164 valence electrons. The van der Waals surface area contributed by atoms with Gasteiger partial charge in [0.25, 0.3) is 5.56 Å². The monoisotopic (exact) mass is 464 g/mol. The first-order valence-corrected chi connectivity index (χ1v) is 11.1. The van der Waals surface area contributed by atoms with E-state index in [9.17, 15) is 18.8 Å². The van der Waals surface area contributed by atoms with E-state index in [0.29, 0.717) is 9.47 Å². The highest BCUT2D eigenvalue weighted by Gasteiger charge is 2.22. The zero-order valence-corrected chi connectivity index (χ0v) is 18.7. The van der Waals surface area contributed by atoms with Crippen molar-refractivity contribution in [3.8, 4) is 0 Å². The summed E-state index contributed by atoms with van der Waals surface area (Å²) in [4.78, 5) is 37.6. The van der Waals surface area contributed by atoms with E-state index in [1.807, 2.05) is 13.8 Å². The smallest absolute Gasteiger partial charge is 0.332 e. The average molecular weight is 465 g/mol. The zero-order chi connectivity index (χ0) is 22.7. The lowest BCUT2D eigenvalue weighted by atomic mass is 10.2. The number of hydrogen-bond donors (Lipinski definition) is 2. The van der Waals surface area contributed by atoms with Crippen LogP contribution in [0.5, 0.6) is 0 Å². The lowest BCUT2D eigenvalue weighted by Gasteiger charge is -2.15. The van der Waals surface area contributed by atoms with Crippen molar-refractivity contribution in [2.24, 2.45) is 13.0 Å². The average Bonchev–Trinajstić information content (AvgIpc) is 3.17. The van der Waals surface area contributed by atoms with Crippen molar-refractivity contribution in [1.29, 1.82) is 0 Å². The number of nitrogens with zero attached hydrogens (tertiary/aromatic N) is 4. The van der Waals surface area contributed by atoms with E-state index in [2.05, 4.69) is 15.5 Å². The highest BCUT2D eigenvalue weighted by atomic mass is 32.2. The van der Waals surface area contributed by atoms with Gasteiger partial charge in [-0.1, -0.05) is 49.1 Å². The number of nitrogens with two attached hydrogens (primary N) is 1. The van der Waals surface area contributed by atoms with Crippen LogP contribution in [0.25, 0.3) is 0 Å². The first-order chi connectivity index (χ1) is 14.7. The van der Waals surface area contributed by atoms with Gasteiger partial charge in [-0.25, -0.2) is 9.18 Å². The minimum absolute atomic E-state index is 0.0941. The number of halogens is 1. The van der Waals surface area contributed by atoms with Crippen LogP contribution in [0, 0.1) is 11.7 Å². The highest BCUT2D eigenvalue weighted by molar-refractivity contribution is 8.01. The molecule has 0 fully saturated rings. The van der Waals surface area contributed by atoms with Crippen LogP contribution in [0.2, 0.25) is 0 Å². The number of rotatable bonds is 8. The van der Waals surface area contributed by atoms with E-state index in [4.69, 9.17) is 5.73 Å². The van der Waals surface area contributed by atoms with Crippen molar-refractivity contribution in [1.82, 2.24) is 19.3 Å². The van der Waals surface area contributed by atoms with Crippen LogP contribution in [-0.4, -0.2) is 30.9 Å². The van der Waals surface area contributed by atoms with Crippen LogP contribution in [0.4, 0.5) is 21.0 Å². The van der Waals surface area contributed by atoms with Crippen LogP contribution in [0.15, 0.2) is 38.2 Å². The Morgan fingerprint density at radius 2 is 2.00 bits per heavy atom. The molecule has 0 bridgehead atoms. The van der Waals surface area contributed by atoms with Crippen LogP contribution in [0.3, 0.4) is 0 Å². The molecule has 3 rings (SSSR count). The van der Waals surface area contributed by atoms with Gasteiger partial charge in [0.15, 0.2) is 10.1 Å². The van der Waals surface area contributed by atoms with Gasteiger partial charge in [-0.3, -0.25) is 18.7 Å². The van der Waals surface area contributed by atoms with Crippen LogP contribution in [-0.2, 0) is 13.6 Å². The summed E-state index contributed by atoms with van der Waals surface area (Å²) in [5.41, 5.74) is 4.77. The fraction of sp³-hybridized carbons (Fsp3) is 0.316. The molecule has 2 aromatic heterocycles. The van der Waals surface area contributed by atoms with Crippen LogP contribution < -0.4 is 22.3 Å². The number of para-hydroxylation sites is 1. The Bertz CT molecular complexity index is 1230. The number of Topliss-reactive ketones (excluding diaryl/α,β-unsaturated/α-hetero) is 1. The number of thioether (sulfide) groups is 1. The second kappa shape index (κ2) is 9.43. The maximum atomic E-state index is 13.7. The predicted octanol–water partition coefficient (Wildman–Crippen LogP) is 2.49. The number of benzene rings is 1. The zero-order valence-electron chi connectivity index (χ0n) is 17.1. The Kier molecular flexibility index (Phi) is 6.91. The van der Waals surface area contributed by atoms with Crippen molar-refractivity contribution >= 4 is 45.5 Å². The molecule has 1 aromatic carbocycles. The van der Waals surface area contributed by atoms with Gasteiger partial charge in [0.1, 0.15) is 17.2 Å². The SMILES string of the molecule is CC(C)Cn1c(N)c(C(=O)CSc2nnc(Nc3ccccc3F)s2)c(=O)n(C)c1=O. The fourth-order valence-electron chi connectivity index (χ4n) is 2.78. The van der Waals surface area contributed by atoms with Crippen molar-refractivity contribution in [2.75, 3.05) is 16.8 Å². The summed E-state index contributed by atoms with van der Waals surface area (Å²) in [5.74, 6) is -1.10. The maximum absolute atomic E-state index is 13.7. The number of hydrogen-bond acceptors (Lipinski definition) is 9. The molecule has 0 radical (unpaired) electrons. The third-order valence-corrected chi connectivity index (χ3v) is 6.23. The molecular weight excluding hydrogens is 443 g/mol. The van der Waals surface area contributed by atoms with E-state index >= 15 is 0 Å². The van der Waals surface area contributed by atoms with E-state index in [1.54, 1.807) is 18.2 Å². The molecule has 3 N–H and O–H groups in total. The summed E-state index contributed by atoms with van der Waals surface area (Å²) < 4.78 is 16.3. The van der Waals surface area contributed by atoms with Crippen molar-refractivity contribution in [3.63, 3.8) is 0 Å². The topological polar surface area (TPSA) is 125 Å². The molecule has 3 aromatic rings. The van der Waals surface area contributed by atoms with Gasteiger partial charge >= 0.3 is 5.69 Å². The Balaban J connectivity index is 1.77. The Morgan fingerprint density at radius 3 is 2.68 bits per heavy atom. The van der Waals surface area contributed by atoms with E-state index in [1.165, 1.54) is 17.7 Å². The molecule has 0 saturated carbocycles. The lowest BCUT2D eigenvalue weighted by molar-refractivity contribution is 0.102. The third-order valence-electron chi connectivity index (χ3n) is 4.26. The molecular formula is C19H21FN6O3S2. The van der Waals surface area contributed by atoms with Crippen LogP contribution in [0.1, 0.15) is 24.2 Å². The lowest BCUT2D eigenvalue weighted by Crippen LogP contribution is -2.43. The summed E-state index contributed by atoms with van der Waals surface area (Å²) >= 11 is 2.22. The van der Waals surface area contributed by atoms with Crippen molar-refractivity contribution in [3.05, 3.63) is 56.5 Å². The summed E-state index contributed by atoms with van der Waals surface area (Å²) in [6.45, 7) is 4.08. The van der Waals surface area contributed by atoms with Gasteiger partial charge in [0, 0.05) is 13.6 Å². The van der Waals surface area contributed by atoms with Gasteiger partial charge in [0.05, 0.1) is 11.4 Å². The molecule has 0 saturated heterocycles. The molecule has 0 aliphatic rings. The van der Waals surface area contributed by atoms with Gasteiger partial charge < -0.3 is 11.1 Å². The molecule has 31 heavy (non-hydrogen) atoms. The molecule has 2 heterocycles. The van der Waals surface area contributed by atoms with Gasteiger partial charge in [0.2, 0.25) is 5.13 Å². The normalized spacial score (nSPS) is 11.1. The maximum Gasteiger partial charge on any atom is 0.332 e. The molecule has 0 atom stereocenters. The number of anilines is 3. The molecule has 12 heteroatoms. The molecule has 0 amide bonds. The quantitative estimate of drug-likeness (QED) is 0.385. The minimum atomic E-state index is -0.729. The number of nitrogen functional groups attached to an aromatic ring is 1. The second-order valence-electron chi connectivity index (χ2n) is 7.10. The molecule has 0 aliphatic carbocycles. The van der Waals surface area contributed by atoms with Gasteiger partial charge in [-0.2, -0.15) is 0 Å². The third kappa shape index (κ3) is 5.02. The molecule has 9 nitrogen and oxygen atoms in total. The standard InChI is InChI=1S/C19H21FN6O3S2/c1-10(2)8-26-15(21)14(16(28)25(3)19(26)29)13(27)9-30-18-24-23-17(31-18)22-12-7-5-4-6-11(12)20/h4-7,10H,8-9,21H2,1-3H3,(H,22,23). The Hall–Kier alpha value is -2.99. The Morgan fingerprint density at radius 1 is 1.29 bits per heavy atom. The minimum Gasteiger partial charge on any atom is -0.384 e. The summed E-state index contributed by atoms with van der Waals surface area (Å²) in [5, 5.41) is 11.1. The van der Waals surface area contributed by atoms with Crippen LogP contribution >= 0.6 is 23.1 Å². The fourth-order valence-corrected chi connectivity index (χ4v) is 4.42. The first-order valence-electron chi connectivity index (χ1n) is 9.29. The largest absolute Gasteiger partial charge is 0.384 e. The highest BCUT2D eigenvalue weighted by Crippen LogP contribution is 2.29. The van der Waals surface area contributed by atoms with Gasteiger partial charge in [-0.05, 0) is 18.1 Å². The van der Waals surface area contributed by atoms with Crippen molar-refractivity contribution in [2.45, 2.75) is 24.7 Å². The van der Waals surface area contributed by atoms with Gasteiger partial charge in [-0.15, -0.1) is 10.2 Å². The Labute approximate surface area is 185 Å². The number of carbonyl (C=O) groups excluding carboxylic acids is 1. The number of aromatic nitrogens is 4. The molecule has 0 spiro atoms. The second-order valence-corrected chi connectivity index (χ2v) is 9.30. The summed E-state index contributed by atoms with van der Waals surface area (Å²) in [6.07, 6.45) is 0. The molecule has 0 unspecified atom stereocenters. The van der Waals surface area contributed by atoms with E-state index < -0.39 is 22.8 Å². The summed E-state index contributed by atoms with van der Waals surface area (Å²) in [6, 6.07) is 6.15. The van der Waals surface area contributed by atoms with E-state index in [0.717, 1.165) is 27.7 Å². The first kappa shape index (κ1) is 22.7. The number of carbonyl (C=O) groups is 1. The number of nitrogens with one attached hydrogen (secondary N) is 1. The van der Waals surface area contributed by atoms with E-state index in [-0.39, 0.29) is 35.3 Å². The number of ketones is 1. The van der Waals surface area contributed by atoms with Crippen molar-refractivity contribution < 1.29 is 9.18 Å². The predicted molar refractivity (Wildman–Crippen MR) is 120 cm³/mol.